The maximum atomic E-state index is 11.5. The molecule has 1 aliphatic heterocycles. The largest absolute Gasteiger partial charge is 0.355 e. The topological polar surface area (TPSA) is 70.2 Å². The summed E-state index contributed by atoms with van der Waals surface area (Å²) in [6.45, 7) is 6.33. The Hall–Kier alpha value is -1.69. The Morgan fingerprint density at radius 3 is 2.90 bits per heavy atom. The Morgan fingerprint density at radius 1 is 1.48 bits per heavy atom. The molecule has 1 aliphatic rings. The summed E-state index contributed by atoms with van der Waals surface area (Å²) in [5, 5.41) is 14.3. The number of hydrogen-bond acceptors (Lipinski definition) is 5. The van der Waals surface area contributed by atoms with E-state index in [0.29, 0.717) is 11.6 Å². The molecule has 0 aliphatic carbocycles. The minimum absolute atomic E-state index is 0.201. The van der Waals surface area contributed by atoms with E-state index in [1.807, 2.05) is 6.07 Å². The number of nitrogens with zero attached hydrogens (tertiary/aromatic N) is 3. The summed E-state index contributed by atoms with van der Waals surface area (Å²) >= 11 is 0. The Labute approximate surface area is 126 Å². The molecule has 0 saturated carbocycles. The third-order valence-electron chi connectivity index (χ3n) is 3.81. The van der Waals surface area contributed by atoms with Gasteiger partial charge in [0.1, 0.15) is 0 Å². The number of piperidine rings is 1. The summed E-state index contributed by atoms with van der Waals surface area (Å²) in [6.07, 6.45) is 3.57. The van der Waals surface area contributed by atoms with E-state index in [1.165, 1.54) is 12.8 Å². The third kappa shape index (κ3) is 4.39. The quantitative estimate of drug-likeness (QED) is 0.820. The lowest BCUT2D eigenvalue weighted by Gasteiger charge is -2.30. The van der Waals surface area contributed by atoms with Gasteiger partial charge in [0.05, 0.1) is 0 Å². The van der Waals surface area contributed by atoms with Crippen LogP contribution in [0.15, 0.2) is 12.1 Å². The molecule has 116 valence electrons. The van der Waals surface area contributed by atoms with Crippen LogP contribution in [0.2, 0.25) is 0 Å². The van der Waals surface area contributed by atoms with Crippen molar-refractivity contribution in [3.63, 3.8) is 0 Å². The maximum Gasteiger partial charge on any atom is 0.271 e. The first kappa shape index (κ1) is 15.7. The van der Waals surface area contributed by atoms with Gasteiger partial charge in [0.2, 0.25) is 0 Å². The Kier molecular flexibility index (Phi) is 5.92. The van der Waals surface area contributed by atoms with Crippen LogP contribution in [0.1, 0.15) is 36.7 Å². The zero-order chi connectivity index (χ0) is 15.1. The highest BCUT2D eigenvalue weighted by atomic mass is 16.1. The van der Waals surface area contributed by atoms with Gasteiger partial charge in [0.25, 0.3) is 5.91 Å². The van der Waals surface area contributed by atoms with Gasteiger partial charge >= 0.3 is 0 Å². The number of amides is 1. The molecule has 21 heavy (non-hydrogen) atoms. The molecular weight excluding hydrogens is 266 g/mol. The van der Waals surface area contributed by atoms with E-state index < -0.39 is 0 Å². The number of anilines is 1. The van der Waals surface area contributed by atoms with Gasteiger partial charge < -0.3 is 15.5 Å². The summed E-state index contributed by atoms with van der Waals surface area (Å²) < 4.78 is 0. The van der Waals surface area contributed by atoms with Gasteiger partial charge in [-0.1, -0.05) is 6.92 Å². The van der Waals surface area contributed by atoms with Gasteiger partial charge in [0.15, 0.2) is 11.5 Å². The van der Waals surface area contributed by atoms with E-state index in [9.17, 15) is 4.79 Å². The molecule has 1 atom stereocenters. The van der Waals surface area contributed by atoms with Crippen LogP contribution in [-0.2, 0) is 0 Å². The highest BCUT2D eigenvalue weighted by molar-refractivity contribution is 5.91. The van der Waals surface area contributed by atoms with Crippen molar-refractivity contribution >= 4 is 11.7 Å². The molecule has 1 aromatic rings. The van der Waals surface area contributed by atoms with Crippen molar-refractivity contribution < 1.29 is 4.79 Å². The van der Waals surface area contributed by atoms with E-state index in [-0.39, 0.29) is 5.91 Å². The lowest BCUT2D eigenvalue weighted by atomic mass is 9.99. The van der Waals surface area contributed by atoms with Crippen LogP contribution in [0.3, 0.4) is 0 Å². The first-order valence-corrected chi connectivity index (χ1v) is 7.76. The van der Waals surface area contributed by atoms with Gasteiger partial charge in [-0.05, 0) is 50.4 Å². The van der Waals surface area contributed by atoms with Gasteiger partial charge in [-0.2, -0.15) is 0 Å². The predicted molar refractivity (Wildman–Crippen MR) is 83.5 cm³/mol. The summed E-state index contributed by atoms with van der Waals surface area (Å²) in [7, 11) is 1.59. The minimum atomic E-state index is -0.201. The average molecular weight is 291 g/mol. The second-order valence-electron chi connectivity index (χ2n) is 5.51. The molecule has 2 heterocycles. The van der Waals surface area contributed by atoms with Crippen LogP contribution in [0.5, 0.6) is 0 Å². The molecular formula is C15H25N5O. The number of rotatable bonds is 6. The second-order valence-corrected chi connectivity index (χ2v) is 5.51. The van der Waals surface area contributed by atoms with E-state index in [0.717, 1.165) is 38.4 Å². The Morgan fingerprint density at radius 2 is 2.33 bits per heavy atom. The van der Waals surface area contributed by atoms with Gasteiger partial charge in [-0.25, -0.2) is 0 Å². The second kappa shape index (κ2) is 7.93. The summed E-state index contributed by atoms with van der Waals surface area (Å²) in [5.41, 5.74) is 0.358. The minimum Gasteiger partial charge on any atom is -0.355 e. The lowest BCUT2D eigenvalue weighted by molar-refractivity contribution is 0.0957. The molecule has 1 amide bonds. The molecule has 1 saturated heterocycles. The monoisotopic (exact) mass is 291 g/mol. The van der Waals surface area contributed by atoms with Crippen LogP contribution in [0.4, 0.5) is 5.82 Å². The summed E-state index contributed by atoms with van der Waals surface area (Å²) in [6, 6.07) is 3.63. The van der Waals surface area contributed by atoms with E-state index in [4.69, 9.17) is 0 Å². The fourth-order valence-electron chi connectivity index (χ4n) is 2.70. The molecule has 2 rings (SSSR count). The summed E-state index contributed by atoms with van der Waals surface area (Å²) in [5.74, 6) is 1.31. The molecule has 0 bridgehead atoms. The third-order valence-corrected chi connectivity index (χ3v) is 3.81. The van der Waals surface area contributed by atoms with Crippen LogP contribution < -0.4 is 15.5 Å². The van der Waals surface area contributed by atoms with Crippen LogP contribution >= 0.6 is 0 Å². The first-order chi connectivity index (χ1) is 10.2. The zero-order valence-corrected chi connectivity index (χ0v) is 12.9. The maximum absolute atomic E-state index is 11.5. The normalized spacial score (nSPS) is 18.3. The number of carbonyl (C=O) groups excluding carboxylic acids is 1. The highest BCUT2D eigenvalue weighted by Crippen LogP contribution is 2.17. The van der Waals surface area contributed by atoms with E-state index in [1.54, 1.807) is 13.1 Å². The molecule has 0 aromatic carbocycles. The van der Waals surface area contributed by atoms with Crippen molar-refractivity contribution in [2.24, 2.45) is 5.92 Å². The highest BCUT2D eigenvalue weighted by Gasteiger charge is 2.18. The molecule has 1 aromatic heterocycles. The average Bonchev–Trinajstić information content (AvgIpc) is 2.55. The fraction of sp³-hybridized carbons (Fsp3) is 0.667. The van der Waals surface area contributed by atoms with Crippen molar-refractivity contribution in [2.45, 2.75) is 26.2 Å². The SMILES string of the molecule is CCCN(CC1CCCNC1)c1ccc(C(=O)NC)nn1. The molecule has 0 spiro atoms. The van der Waals surface area contributed by atoms with Crippen LogP contribution in [0.25, 0.3) is 0 Å². The van der Waals surface area contributed by atoms with Crippen LogP contribution in [0, 0.1) is 5.92 Å². The number of nitrogens with one attached hydrogen (secondary N) is 2. The first-order valence-electron chi connectivity index (χ1n) is 7.76. The Bertz CT molecular complexity index is 442. The molecule has 2 N–H and O–H groups in total. The number of carbonyl (C=O) groups is 1. The van der Waals surface area contributed by atoms with Crippen molar-refractivity contribution in [2.75, 3.05) is 38.1 Å². The van der Waals surface area contributed by atoms with Gasteiger partial charge in [0, 0.05) is 20.1 Å². The van der Waals surface area contributed by atoms with Crippen molar-refractivity contribution in [3.8, 4) is 0 Å². The lowest BCUT2D eigenvalue weighted by Crippen LogP contribution is -2.39. The van der Waals surface area contributed by atoms with Gasteiger partial charge in [-0.3, -0.25) is 4.79 Å². The van der Waals surface area contributed by atoms with Crippen molar-refractivity contribution in [1.29, 1.82) is 0 Å². The van der Waals surface area contributed by atoms with Gasteiger partial charge in [-0.15, -0.1) is 10.2 Å². The fourth-order valence-corrected chi connectivity index (χ4v) is 2.70. The molecule has 6 nitrogen and oxygen atoms in total. The van der Waals surface area contributed by atoms with Crippen LogP contribution in [-0.4, -0.2) is 49.3 Å². The van der Waals surface area contributed by atoms with E-state index in [2.05, 4.69) is 32.7 Å². The number of hydrogen-bond donors (Lipinski definition) is 2. The van der Waals surface area contributed by atoms with Crippen molar-refractivity contribution in [3.05, 3.63) is 17.8 Å². The number of aromatic nitrogens is 2. The Balaban J connectivity index is 2.04. The summed E-state index contributed by atoms with van der Waals surface area (Å²) in [4.78, 5) is 13.8. The molecule has 1 unspecified atom stereocenters. The van der Waals surface area contributed by atoms with Crippen molar-refractivity contribution in [1.82, 2.24) is 20.8 Å². The predicted octanol–water partition coefficient (Wildman–Crippen LogP) is 1.05. The molecule has 0 radical (unpaired) electrons. The molecule has 1 fully saturated rings. The standard InChI is InChI=1S/C15H25N5O/c1-3-9-20(11-12-5-4-8-17-10-12)14-7-6-13(18-19-14)15(21)16-2/h6-7,12,17H,3-5,8-11H2,1-2H3,(H,16,21). The zero-order valence-electron chi connectivity index (χ0n) is 12.9. The molecule has 6 heteroatoms. The van der Waals surface area contributed by atoms with E-state index >= 15 is 0 Å². The smallest absolute Gasteiger partial charge is 0.271 e.